The fourth-order valence-electron chi connectivity index (χ4n) is 3.47. The van der Waals surface area contributed by atoms with E-state index in [1.165, 1.54) is 0 Å². The predicted octanol–water partition coefficient (Wildman–Crippen LogP) is 2.70. The molecule has 2 aliphatic carbocycles. The minimum Gasteiger partial charge on any atom is -0.480 e. The first kappa shape index (κ1) is 16.5. The number of urea groups is 1. The number of nitrogens with zero attached hydrogens (tertiary/aromatic N) is 1. The fourth-order valence-corrected chi connectivity index (χ4v) is 4.67. The zero-order chi connectivity index (χ0) is 15.2. The van der Waals surface area contributed by atoms with Crippen LogP contribution in [-0.4, -0.2) is 51.6 Å². The Morgan fingerprint density at radius 3 is 2.52 bits per heavy atom. The Bertz CT molecular complexity index is 372. The topological polar surface area (TPSA) is 69.6 Å². The third-order valence-electron chi connectivity index (χ3n) is 4.47. The minimum absolute atomic E-state index is 0.0970. The molecule has 0 aromatic rings. The second-order valence-corrected chi connectivity index (χ2v) is 7.46. The fraction of sp³-hybridized carbons (Fsp3) is 0.867. The molecule has 2 fully saturated rings. The number of hydrogen-bond acceptors (Lipinski definition) is 3. The smallest absolute Gasteiger partial charge is 0.323 e. The molecule has 2 amide bonds. The van der Waals surface area contributed by atoms with Gasteiger partial charge in [-0.05, 0) is 31.4 Å². The van der Waals surface area contributed by atoms with Gasteiger partial charge in [0.25, 0.3) is 0 Å². The number of thioether (sulfide) groups is 1. The van der Waals surface area contributed by atoms with Crippen LogP contribution in [0.3, 0.4) is 0 Å². The predicted molar refractivity (Wildman–Crippen MR) is 84.7 cm³/mol. The summed E-state index contributed by atoms with van der Waals surface area (Å²) in [6.45, 7) is 1.95. The number of amides is 2. The average molecular weight is 314 g/mol. The Morgan fingerprint density at radius 1 is 1.19 bits per heavy atom. The van der Waals surface area contributed by atoms with Crippen LogP contribution in [0.15, 0.2) is 0 Å². The van der Waals surface area contributed by atoms with Gasteiger partial charge in [-0.2, -0.15) is 11.8 Å². The number of carboxylic acid groups (broad SMARTS) is 1. The summed E-state index contributed by atoms with van der Waals surface area (Å²) >= 11 is 1.90. The third kappa shape index (κ3) is 4.53. The van der Waals surface area contributed by atoms with Crippen molar-refractivity contribution in [3.05, 3.63) is 0 Å². The summed E-state index contributed by atoms with van der Waals surface area (Å²) in [6.07, 6.45) is 7.33. The molecule has 2 rings (SSSR count). The molecule has 2 saturated carbocycles. The van der Waals surface area contributed by atoms with Crippen LogP contribution in [0, 0.1) is 0 Å². The number of carbonyl (C=O) groups is 2. The van der Waals surface area contributed by atoms with Crippen LogP contribution >= 0.6 is 11.8 Å². The standard InChI is InChI=1S/C15H26N2O3S/c1-2-21-13-9-5-8-12(13)16-15(20)17(10-14(18)19)11-6-3-4-7-11/h11-13H,2-10H2,1H3,(H,16,20)(H,18,19). The highest BCUT2D eigenvalue weighted by Crippen LogP contribution is 2.30. The molecule has 2 N–H and O–H groups in total. The van der Waals surface area contributed by atoms with Crippen LogP contribution in [0.25, 0.3) is 0 Å². The number of carboxylic acids is 1. The van der Waals surface area contributed by atoms with Gasteiger partial charge in [0.1, 0.15) is 6.54 Å². The molecule has 21 heavy (non-hydrogen) atoms. The van der Waals surface area contributed by atoms with Crippen molar-refractivity contribution in [2.24, 2.45) is 0 Å². The SMILES string of the molecule is CCSC1CCCC1NC(=O)N(CC(=O)O)C1CCCC1. The van der Waals surface area contributed by atoms with Crippen molar-refractivity contribution < 1.29 is 14.7 Å². The van der Waals surface area contributed by atoms with E-state index in [4.69, 9.17) is 5.11 Å². The molecule has 0 aromatic heterocycles. The monoisotopic (exact) mass is 314 g/mol. The van der Waals surface area contributed by atoms with Gasteiger partial charge < -0.3 is 15.3 Å². The molecule has 6 heteroatoms. The van der Waals surface area contributed by atoms with Gasteiger partial charge in [0.15, 0.2) is 0 Å². The molecule has 0 aromatic carbocycles. The second-order valence-electron chi connectivity index (χ2n) is 5.94. The molecule has 0 aliphatic heterocycles. The quantitative estimate of drug-likeness (QED) is 0.791. The number of carbonyl (C=O) groups excluding carboxylic acids is 1. The zero-order valence-electron chi connectivity index (χ0n) is 12.7. The summed E-state index contributed by atoms with van der Waals surface area (Å²) in [5, 5.41) is 12.6. The second kappa shape index (κ2) is 7.92. The maximum absolute atomic E-state index is 12.5. The van der Waals surface area contributed by atoms with E-state index in [0.717, 1.165) is 50.7 Å². The minimum atomic E-state index is -0.928. The highest BCUT2D eigenvalue weighted by molar-refractivity contribution is 7.99. The summed E-state index contributed by atoms with van der Waals surface area (Å²) in [4.78, 5) is 25.1. The normalized spacial score (nSPS) is 26.0. The van der Waals surface area contributed by atoms with Crippen LogP contribution in [0.1, 0.15) is 51.9 Å². The van der Waals surface area contributed by atoms with E-state index in [0.29, 0.717) is 5.25 Å². The molecule has 2 atom stereocenters. The number of nitrogens with one attached hydrogen (secondary N) is 1. The lowest BCUT2D eigenvalue weighted by atomic mass is 10.2. The Hall–Kier alpha value is -0.910. The van der Waals surface area contributed by atoms with Gasteiger partial charge in [-0.15, -0.1) is 0 Å². The Kier molecular flexibility index (Phi) is 6.21. The molecule has 0 bridgehead atoms. The maximum Gasteiger partial charge on any atom is 0.323 e. The first-order chi connectivity index (χ1) is 10.1. The summed E-state index contributed by atoms with van der Waals surface area (Å²) < 4.78 is 0. The van der Waals surface area contributed by atoms with Crippen molar-refractivity contribution in [3.8, 4) is 0 Å². The molecule has 5 nitrogen and oxygen atoms in total. The lowest BCUT2D eigenvalue weighted by molar-refractivity contribution is -0.138. The first-order valence-corrected chi connectivity index (χ1v) is 9.07. The van der Waals surface area contributed by atoms with Gasteiger partial charge >= 0.3 is 12.0 Å². The first-order valence-electron chi connectivity index (χ1n) is 8.02. The van der Waals surface area contributed by atoms with Crippen LogP contribution in [0.2, 0.25) is 0 Å². The van der Waals surface area contributed by atoms with Gasteiger partial charge in [-0.25, -0.2) is 4.79 Å². The van der Waals surface area contributed by atoms with Crippen LogP contribution in [-0.2, 0) is 4.79 Å². The molecule has 0 heterocycles. The van der Waals surface area contributed by atoms with Crippen molar-refractivity contribution in [2.75, 3.05) is 12.3 Å². The summed E-state index contributed by atoms with van der Waals surface area (Å²) in [5.74, 6) is 0.126. The molecule has 2 aliphatic rings. The van der Waals surface area contributed by atoms with Gasteiger partial charge in [-0.1, -0.05) is 26.2 Å². The van der Waals surface area contributed by atoms with E-state index in [-0.39, 0.29) is 24.7 Å². The number of aliphatic carboxylic acids is 1. The van der Waals surface area contributed by atoms with Gasteiger partial charge in [0.05, 0.1) is 0 Å². The Labute approximate surface area is 130 Å². The molecule has 0 spiro atoms. The van der Waals surface area contributed by atoms with Crippen molar-refractivity contribution in [2.45, 2.75) is 69.2 Å². The van der Waals surface area contributed by atoms with E-state index < -0.39 is 5.97 Å². The molecule has 0 saturated heterocycles. The van der Waals surface area contributed by atoms with E-state index in [1.807, 2.05) is 11.8 Å². The van der Waals surface area contributed by atoms with E-state index in [1.54, 1.807) is 4.90 Å². The largest absolute Gasteiger partial charge is 0.480 e. The van der Waals surface area contributed by atoms with Crippen LogP contribution in [0.5, 0.6) is 0 Å². The molecular weight excluding hydrogens is 288 g/mol. The molecular formula is C15H26N2O3S. The zero-order valence-corrected chi connectivity index (χ0v) is 13.5. The summed E-state index contributed by atoms with van der Waals surface area (Å²) in [6, 6.07) is 0.109. The number of rotatable bonds is 6. The van der Waals surface area contributed by atoms with Crippen molar-refractivity contribution in [1.29, 1.82) is 0 Å². The van der Waals surface area contributed by atoms with Gasteiger partial charge in [0.2, 0.25) is 0 Å². The van der Waals surface area contributed by atoms with E-state index in [2.05, 4.69) is 12.2 Å². The van der Waals surface area contributed by atoms with Crippen molar-refractivity contribution in [3.63, 3.8) is 0 Å². The van der Waals surface area contributed by atoms with E-state index in [9.17, 15) is 9.59 Å². The molecule has 0 radical (unpaired) electrons. The summed E-state index contributed by atoms with van der Waals surface area (Å²) in [5.41, 5.74) is 0. The Morgan fingerprint density at radius 2 is 1.90 bits per heavy atom. The van der Waals surface area contributed by atoms with Crippen LogP contribution in [0.4, 0.5) is 4.79 Å². The van der Waals surface area contributed by atoms with Gasteiger partial charge in [-0.3, -0.25) is 4.79 Å². The molecule has 2 unspecified atom stereocenters. The highest BCUT2D eigenvalue weighted by atomic mass is 32.2. The lowest BCUT2D eigenvalue weighted by Gasteiger charge is -2.30. The highest BCUT2D eigenvalue weighted by Gasteiger charge is 2.33. The third-order valence-corrected chi connectivity index (χ3v) is 5.80. The number of hydrogen-bond donors (Lipinski definition) is 2. The van der Waals surface area contributed by atoms with E-state index >= 15 is 0 Å². The van der Waals surface area contributed by atoms with Crippen molar-refractivity contribution in [1.82, 2.24) is 10.2 Å². The molecule has 120 valence electrons. The van der Waals surface area contributed by atoms with Crippen LogP contribution < -0.4 is 5.32 Å². The van der Waals surface area contributed by atoms with Crippen molar-refractivity contribution >= 4 is 23.8 Å². The lowest BCUT2D eigenvalue weighted by Crippen LogP contribution is -2.51. The Balaban J connectivity index is 1.95. The average Bonchev–Trinajstić information content (AvgIpc) is 3.08. The summed E-state index contributed by atoms with van der Waals surface area (Å²) in [7, 11) is 0. The maximum atomic E-state index is 12.5. The van der Waals surface area contributed by atoms with Gasteiger partial charge in [0, 0.05) is 17.3 Å².